The van der Waals surface area contributed by atoms with Crippen molar-refractivity contribution in [1.82, 2.24) is 0 Å². The summed E-state index contributed by atoms with van der Waals surface area (Å²) < 4.78 is 4.52. The van der Waals surface area contributed by atoms with E-state index < -0.39 is 5.41 Å². The third-order valence-corrected chi connectivity index (χ3v) is 4.42. The predicted octanol–water partition coefficient (Wildman–Crippen LogP) is 2.01. The van der Waals surface area contributed by atoms with Gasteiger partial charge in [-0.15, -0.1) is 11.8 Å². The highest BCUT2D eigenvalue weighted by molar-refractivity contribution is 8.00. The molecule has 21 heavy (non-hydrogen) atoms. The molecule has 1 aliphatic heterocycles. The lowest BCUT2D eigenvalue weighted by Crippen LogP contribution is -2.27. The van der Waals surface area contributed by atoms with Gasteiger partial charge in [-0.1, -0.05) is 0 Å². The minimum absolute atomic E-state index is 0.0674. The van der Waals surface area contributed by atoms with E-state index in [1.165, 1.54) is 18.9 Å². The second-order valence-electron chi connectivity index (χ2n) is 5.33. The van der Waals surface area contributed by atoms with E-state index in [1.54, 1.807) is 18.2 Å². The van der Waals surface area contributed by atoms with E-state index >= 15 is 0 Å². The maximum Gasteiger partial charge on any atom is 0.315 e. The molecule has 1 aromatic carbocycles. The average molecular weight is 307 g/mol. The van der Waals surface area contributed by atoms with E-state index in [0.29, 0.717) is 5.56 Å². The van der Waals surface area contributed by atoms with Crippen molar-refractivity contribution in [2.24, 2.45) is 0 Å². The van der Waals surface area contributed by atoms with Gasteiger partial charge >= 0.3 is 5.97 Å². The van der Waals surface area contributed by atoms with Crippen molar-refractivity contribution < 1.29 is 19.1 Å². The third kappa shape index (κ3) is 3.10. The molecule has 5 nitrogen and oxygen atoms in total. The Hall–Kier alpha value is -1.82. The van der Waals surface area contributed by atoms with E-state index in [9.17, 15) is 14.4 Å². The van der Waals surface area contributed by atoms with Crippen LogP contribution in [-0.2, 0) is 19.7 Å². The van der Waals surface area contributed by atoms with Crippen LogP contribution in [-0.4, -0.2) is 36.3 Å². The molecule has 0 unspecified atom stereocenters. The smallest absolute Gasteiger partial charge is 0.315 e. The molecule has 6 heteroatoms. The van der Waals surface area contributed by atoms with Crippen molar-refractivity contribution in [2.45, 2.75) is 19.3 Å². The van der Waals surface area contributed by atoms with Crippen LogP contribution in [0.5, 0.6) is 0 Å². The number of carbonyl (C=O) groups is 3. The molecular formula is C15H17NO4S. The largest absolute Gasteiger partial charge is 0.468 e. The van der Waals surface area contributed by atoms with Crippen LogP contribution in [0.1, 0.15) is 29.8 Å². The summed E-state index contributed by atoms with van der Waals surface area (Å²) in [4.78, 5) is 35.0. The van der Waals surface area contributed by atoms with Gasteiger partial charge in [0.25, 0.3) is 0 Å². The molecule has 0 aromatic heterocycles. The molecule has 2 rings (SSSR count). The van der Waals surface area contributed by atoms with E-state index in [1.807, 2.05) is 13.8 Å². The molecule has 1 amide bonds. The normalized spacial score (nSPS) is 15.3. The van der Waals surface area contributed by atoms with Crippen LogP contribution in [0.25, 0.3) is 0 Å². The van der Waals surface area contributed by atoms with Crippen LogP contribution >= 0.6 is 11.8 Å². The van der Waals surface area contributed by atoms with Crippen LogP contribution < -0.4 is 5.32 Å². The number of ketones is 1. The summed E-state index contributed by atoms with van der Waals surface area (Å²) in [6.45, 7) is 3.66. The Kier molecular flexibility index (Phi) is 4.37. The second kappa shape index (κ2) is 5.89. The summed E-state index contributed by atoms with van der Waals surface area (Å²) in [6.07, 6.45) is 0. The van der Waals surface area contributed by atoms with Crippen LogP contribution in [0, 0.1) is 0 Å². The standard InChI is InChI=1S/C15H17NO4S/c1-15(2)10-6-9(4-5-11(10)16-14(15)19)12(17)7-21-8-13(18)20-3/h4-6H,7-8H2,1-3H3,(H,16,19). The molecule has 0 saturated heterocycles. The van der Waals surface area contributed by atoms with Crippen LogP contribution in [0.3, 0.4) is 0 Å². The monoisotopic (exact) mass is 307 g/mol. The van der Waals surface area contributed by atoms with Crippen molar-refractivity contribution in [3.05, 3.63) is 29.3 Å². The molecule has 1 N–H and O–H groups in total. The van der Waals surface area contributed by atoms with E-state index in [0.717, 1.165) is 11.3 Å². The maximum atomic E-state index is 12.1. The average Bonchev–Trinajstić information content (AvgIpc) is 2.68. The topological polar surface area (TPSA) is 72.5 Å². The van der Waals surface area contributed by atoms with E-state index in [4.69, 9.17) is 0 Å². The lowest BCUT2D eigenvalue weighted by atomic mass is 9.85. The minimum atomic E-state index is -0.634. The third-order valence-electron chi connectivity index (χ3n) is 3.51. The van der Waals surface area contributed by atoms with Gasteiger partial charge in [-0.25, -0.2) is 0 Å². The summed E-state index contributed by atoms with van der Waals surface area (Å²) >= 11 is 1.22. The Labute approximate surface area is 127 Å². The molecule has 0 spiro atoms. The lowest BCUT2D eigenvalue weighted by molar-refractivity contribution is -0.137. The first kappa shape index (κ1) is 15.6. The Balaban J connectivity index is 2.09. The molecule has 0 atom stereocenters. The predicted molar refractivity (Wildman–Crippen MR) is 81.8 cm³/mol. The number of carbonyl (C=O) groups excluding carboxylic acids is 3. The molecule has 0 aliphatic carbocycles. The number of fused-ring (bicyclic) bond motifs is 1. The highest BCUT2D eigenvalue weighted by Gasteiger charge is 2.38. The SMILES string of the molecule is COC(=O)CSCC(=O)c1ccc2c(c1)C(C)(C)C(=O)N2. The number of amides is 1. The molecule has 112 valence electrons. The number of rotatable bonds is 5. The summed E-state index contributed by atoms with van der Waals surface area (Å²) in [6, 6.07) is 5.20. The molecule has 0 saturated carbocycles. The molecule has 0 radical (unpaired) electrons. The van der Waals surface area contributed by atoms with Gasteiger partial charge in [-0.3, -0.25) is 14.4 Å². The van der Waals surface area contributed by atoms with Crippen molar-refractivity contribution in [3.8, 4) is 0 Å². The summed E-state index contributed by atoms with van der Waals surface area (Å²) in [7, 11) is 1.32. The molecular weight excluding hydrogens is 290 g/mol. The fourth-order valence-electron chi connectivity index (χ4n) is 2.11. The Morgan fingerprint density at radius 1 is 1.29 bits per heavy atom. The quantitative estimate of drug-likeness (QED) is 0.665. The van der Waals surface area contributed by atoms with Crippen molar-refractivity contribution in [3.63, 3.8) is 0 Å². The fraction of sp³-hybridized carbons (Fsp3) is 0.400. The molecule has 1 heterocycles. The molecule has 0 fully saturated rings. The Bertz CT molecular complexity index is 610. The van der Waals surface area contributed by atoms with E-state index in [-0.39, 0.29) is 29.2 Å². The number of Topliss-reactive ketones (excluding diaryl/α,β-unsaturated/α-hetero) is 1. The highest BCUT2D eigenvalue weighted by atomic mass is 32.2. The Morgan fingerprint density at radius 3 is 2.67 bits per heavy atom. The van der Waals surface area contributed by atoms with E-state index in [2.05, 4.69) is 10.1 Å². The zero-order valence-electron chi connectivity index (χ0n) is 12.2. The number of methoxy groups -OCH3 is 1. The van der Waals surface area contributed by atoms with Crippen molar-refractivity contribution >= 4 is 35.1 Å². The number of ether oxygens (including phenoxy) is 1. The van der Waals surface area contributed by atoms with Crippen molar-refractivity contribution in [2.75, 3.05) is 23.9 Å². The first-order valence-electron chi connectivity index (χ1n) is 6.50. The number of nitrogens with one attached hydrogen (secondary N) is 1. The van der Waals surface area contributed by atoms with Gasteiger partial charge in [0, 0.05) is 11.3 Å². The number of anilines is 1. The number of benzene rings is 1. The van der Waals surface area contributed by atoms with Crippen LogP contribution in [0.4, 0.5) is 5.69 Å². The van der Waals surface area contributed by atoms with Gasteiger partial charge in [-0.2, -0.15) is 0 Å². The number of hydrogen-bond donors (Lipinski definition) is 1. The zero-order chi connectivity index (χ0) is 15.6. The van der Waals surface area contributed by atoms with Gasteiger partial charge in [0.2, 0.25) is 5.91 Å². The number of esters is 1. The number of hydrogen-bond acceptors (Lipinski definition) is 5. The first-order valence-corrected chi connectivity index (χ1v) is 7.65. The highest BCUT2D eigenvalue weighted by Crippen LogP contribution is 2.37. The summed E-state index contributed by atoms with van der Waals surface area (Å²) in [5, 5.41) is 2.80. The van der Waals surface area contributed by atoms with Gasteiger partial charge in [-0.05, 0) is 37.6 Å². The summed E-state index contributed by atoms with van der Waals surface area (Å²) in [5.41, 5.74) is 1.50. The minimum Gasteiger partial charge on any atom is -0.468 e. The van der Waals surface area contributed by atoms with Crippen LogP contribution in [0.2, 0.25) is 0 Å². The zero-order valence-corrected chi connectivity index (χ0v) is 13.0. The second-order valence-corrected chi connectivity index (χ2v) is 6.32. The lowest BCUT2D eigenvalue weighted by Gasteiger charge is -2.15. The molecule has 0 bridgehead atoms. The number of thioether (sulfide) groups is 1. The Morgan fingerprint density at radius 2 is 2.00 bits per heavy atom. The molecule has 1 aromatic rings. The fourth-order valence-corrected chi connectivity index (χ4v) is 2.85. The molecule has 1 aliphatic rings. The maximum absolute atomic E-state index is 12.1. The van der Waals surface area contributed by atoms with Gasteiger partial charge in [0.15, 0.2) is 5.78 Å². The van der Waals surface area contributed by atoms with Gasteiger partial charge < -0.3 is 10.1 Å². The van der Waals surface area contributed by atoms with Gasteiger partial charge in [0.1, 0.15) is 0 Å². The first-order chi connectivity index (χ1) is 9.86. The summed E-state index contributed by atoms with van der Waals surface area (Å²) in [5.74, 6) is -0.129. The van der Waals surface area contributed by atoms with Crippen molar-refractivity contribution in [1.29, 1.82) is 0 Å². The van der Waals surface area contributed by atoms with Gasteiger partial charge in [0.05, 0.1) is 24.0 Å². The van der Waals surface area contributed by atoms with Crippen LogP contribution in [0.15, 0.2) is 18.2 Å².